The molecule has 0 N–H and O–H groups in total. The zero-order chi connectivity index (χ0) is 21.8. The maximum Gasteiger partial charge on any atom is 0.246 e. The molecule has 0 unspecified atom stereocenters. The van der Waals surface area contributed by atoms with E-state index in [1.165, 1.54) is 19.3 Å². The third kappa shape index (κ3) is 5.80. The molecule has 0 spiro atoms. The lowest BCUT2D eigenvalue weighted by Crippen LogP contribution is -2.56. The van der Waals surface area contributed by atoms with Crippen molar-refractivity contribution in [2.45, 2.75) is 25.3 Å². The minimum absolute atomic E-state index is 0.0239. The Morgan fingerprint density at radius 3 is 2.19 bits per heavy atom. The predicted molar refractivity (Wildman–Crippen MR) is 124 cm³/mol. The van der Waals surface area contributed by atoms with E-state index in [9.17, 15) is 9.59 Å². The molecule has 31 heavy (non-hydrogen) atoms. The number of rotatable bonds is 5. The average Bonchev–Trinajstić information content (AvgIpc) is 2.74. The number of hydrogen-bond donors (Lipinski definition) is 0. The van der Waals surface area contributed by atoms with Crippen LogP contribution < -0.4 is 0 Å². The molecule has 1 aromatic carbocycles. The van der Waals surface area contributed by atoms with Gasteiger partial charge in [0.2, 0.25) is 11.8 Å². The topological polar surface area (TPSA) is 47.1 Å². The summed E-state index contributed by atoms with van der Waals surface area (Å²) in [6.07, 6.45) is 7.31. The van der Waals surface area contributed by atoms with Crippen molar-refractivity contribution in [3.63, 3.8) is 0 Å². The molecule has 4 rings (SSSR count). The van der Waals surface area contributed by atoms with Gasteiger partial charge in [0.15, 0.2) is 0 Å². The van der Waals surface area contributed by atoms with Gasteiger partial charge in [0.1, 0.15) is 0 Å². The van der Waals surface area contributed by atoms with Crippen LogP contribution in [0, 0.1) is 0 Å². The van der Waals surface area contributed by atoms with Crippen molar-refractivity contribution < 1.29 is 9.59 Å². The summed E-state index contributed by atoms with van der Waals surface area (Å²) < 4.78 is 0. The van der Waals surface area contributed by atoms with E-state index >= 15 is 0 Å². The molecule has 0 atom stereocenters. The van der Waals surface area contributed by atoms with Crippen LogP contribution in [0.15, 0.2) is 24.3 Å². The molecular formula is C23H30Cl2N4O2. The monoisotopic (exact) mass is 464 g/mol. The lowest BCUT2D eigenvalue weighted by molar-refractivity contribution is -0.135. The molecule has 1 aromatic rings. The lowest BCUT2D eigenvalue weighted by atomic mass is 9.91. The first-order valence-corrected chi connectivity index (χ1v) is 11.9. The summed E-state index contributed by atoms with van der Waals surface area (Å²) in [7, 11) is 0. The first kappa shape index (κ1) is 22.6. The van der Waals surface area contributed by atoms with Gasteiger partial charge in [-0.25, -0.2) is 0 Å². The molecule has 0 bridgehead atoms. The van der Waals surface area contributed by atoms with Crippen LogP contribution in [0.5, 0.6) is 0 Å². The minimum Gasteiger partial charge on any atom is -0.339 e. The van der Waals surface area contributed by atoms with E-state index < -0.39 is 0 Å². The summed E-state index contributed by atoms with van der Waals surface area (Å²) in [4.78, 5) is 33.7. The molecule has 1 aliphatic carbocycles. The Morgan fingerprint density at radius 2 is 1.58 bits per heavy atom. The molecule has 6 nitrogen and oxygen atoms in total. The van der Waals surface area contributed by atoms with E-state index in [4.69, 9.17) is 23.2 Å². The fourth-order valence-corrected chi connectivity index (χ4v) is 4.70. The van der Waals surface area contributed by atoms with E-state index in [-0.39, 0.29) is 11.8 Å². The Balaban J connectivity index is 1.18. The number of carbonyl (C=O) groups excluding carboxylic acids is 2. The number of benzene rings is 1. The van der Waals surface area contributed by atoms with Crippen LogP contribution in [0.1, 0.15) is 24.8 Å². The molecule has 168 valence electrons. The standard InChI is InChI=1S/C23H30Cl2N4O2/c24-20-6-4-18(16-21(20)25)5-7-22(30)28-10-8-26(9-11-28)17-23(31)29-14-12-27(13-15-29)19-2-1-3-19/h4-7,16,19H,1-3,8-15,17H2. The van der Waals surface area contributed by atoms with Gasteiger partial charge in [-0.2, -0.15) is 0 Å². The van der Waals surface area contributed by atoms with Crippen LogP contribution in [0.4, 0.5) is 0 Å². The number of hydrogen-bond acceptors (Lipinski definition) is 4. The predicted octanol–water partition coefficient (Wildman–Crippen LogP) is 2.85. The smallest absolute Gasteiger partial charge is 0.246 e. The van der Waals surface area contributed by atoms with Gasteiger partial charge in [-0.3, -0.25) is 19.4 Å². The fourth-order valence-electron chi connectivity index (χ4n) is 4.39. The van der Waals surface area contributed by atoms with Crippen molar-refractivity contribution in [1.82, 2.24) is 19.6 Å². The molecular weight excluding hydrogens is 435 g/mol. The van der Waals surface area contributed by atoms with Gasteiger partial charge in [-0.1, -0.05) is 35.7 Å². The number of piperazine rings is 2. The molecule has 3 fully saturated rings. The highest BCUT2D eigenvalue weighted by atomic mass is 35.5. The van der Waals surface area contributed by atoms with Gasteiger partial charge in [-0.15, -0.1) is 0 Å². The van der Waals surface area contributed by atoms with Crippen molar-refractivity contribution in [3.05, 3.63) is 39.9 Å². The maximum atomic E-state index is 12.7. The maximum absolute atomic E-state index is 12.7. The third-order valence-electron chi connectivity index (χ3n) is 6.66. The van der Waals surface area contributed by atoms with E-state index in [2.05, 4.69) is 9.80 Å². The Kier molecular flexibility index (Phi) is 7.54. The SMILES string of the molecule is O=C(C=Cc1ccc(Cl)c(Cl)c1)N1CCN(CC(=O)N2CCN(C3CCC3)CC2)CC1. The first-order chi connectivity index (χ1) is 15.0. The molecule has 0 radical (unpaired) electrons. The summed E-state index contributed by atoms with van der Waals surface area (Å²) in [6.45, 7) is 6.85. The minimum atomic E-state index is -0.0239. The number of amides is 2. The average molecular weight is 465 g/mol. The summed E-state index contributed by atoms with van der Waals surface area (Å²) in [5.74, 6) is 0.191. The van der Waals surface area contributed by atoms with Gasteiger partial charge in [0.05, 0.1) is 16.6 Å². The van der Waals surface area contributed by atoms with E-state index in [0.717, 1.165) is 50.9 Å². The molecule has 2 heterocycles. The van der Waals surface area contributed by atoms with Gasteiger partial charge >= 0.3 is 0 Å². The molecule has 2 saturated heterocycles. The second kappa shape index (κ2) is 10.3. The van der Waals surface area contributed by atoms with Crippen LogP contribution in [0.25, 0.3) is 6.08 Å². The van der Waals surface area contributed by atoms with Crippen LogP contribution in [-0.4, -0.2) is 96.4 Å². The molecule has 8 heteroatoms. The molecule has 2 amide bonds. The quantitative estimate of drug-likeness (QED) is 0.628. The van der Waals surface area contributed by atoms with Gasteiger partial charge < -0.3 is 9.80 Å². The van der Waals surface area contributed by atoms with E-state index in [1.807, 2.05) is 15.9 Å². The largest absolute Gasteiger partial charge is 0.339 e. The molecule has 1 saturated carbocycles. The summed E-state index contributed by atoms with van der Waals surface area (Å²) >= 11 is 11.9. The first-order valence-electron chi connectivity index (χ1n) is 11.2. The highest BCUT2D eigenvalue weighted by Gasteiger charge is 2.30. The van der Waals surface area contributed by atoms with Crippen molar-refractivity contribution in [2.75, 3.05) is 58.9 Å². The number of carbonyl (C=O) groups is 2. The molecule has 2 aliphatic heterocycles. The highest BCUT2D eigenvalue weighted by Crippen LogP contribution is 2.25. The third-order valence-corrected chi connectivity index (χ3v) is 7.40. The number of nitrogens with zero attached hydrogens (tertiary/aromatic N) is 4. The van der Waals surface area contributed by atoms with Gasteiger partial charge in [0.25, 0.3) is 0 Å². The summed E-state index contributed by atoms with van der Waals surface area (Å²) in [5.41, 5.74) is 0.837. The normalized spacial score (nSPS) is 21.5. The number of halogens is 2. The highest BCUT2D eigenvalue weighted by molar-refractivity contribution is 6.42. The lowest BCUT2D eigenvalue weighted by Gasteiger charge is -2.43. The van der Waals surface area contributed by atoms with Crippen LogP contribution in [-0.2, 0) is 9.59 Å². The molecule has 3 aliphatic rings. The van der Waals surface area contributed by atoms with E-state index in [1.54, 1.807) is 24.3 Å². The van der Waals surface area contributed by atoms with Crippen molar-refractivity contribution in [3.8, 4) is 0 Å². The summed E-state index contributed by atoms with van der Waals surface area (Å²) in [6, 6.07) is 6.04. The zero-order valence-corrected chi connectivity index (χ0v) is 19.3. The van der Waals surface area contributed by atoms with Crippen LogP contribution >= 0.6 is 23.2 Å². The van der Waals surface area contributed by atoms with Crippen molar-refractivity contribution in [2.24, 2.45) is 0 Å². The Morgan fingerprint density at radius 1 is 0.903 bits per heavy atom. The van der Waals surface area contributed by atoms with Crippen LogP contribution in [0.3, 0.4) is 0 Å². The van der Waals surface area contributed by atoms with Crippen molar-refractivity contribution in [1.29, 1.82) is 0 Å². The zero-order valence-electron chi connectivity index (χ0n) is 17.8. The Hall–Kier alpha value is -1.60. The van der Waals surface area contributed by atoms with E-state index in [0.29, 0.717) is 29.7 Å². The molecule has 0 aromatic heterocycles. The summed E-state index contributed by atoms with van der Waals surface area (Å²) in [5, 5.41) is 0.968. The fraction of sp³-hybridized carbons (Fsp3) is 0.565. The van der Waals surface area contributed by atoms with Gasteiger partial charge in [0, 0.05) is 64.5 Å². The van der Waals surface area contributed by atoms with Crippen LogP contribution in [0.2, 0.25) is 10.0 Å². The Bertz CT molecular complexity index is 827. The van der Waals surface area contributed by atoms with Gasteiger partial charge in [-0.05, 0) is 36.6 Å². The second-order valence-corrected chi connectivity index (χ2v) is 9.42. The Labute approximate surface area is 194 Å². The second-order valence-electron chi connectivity index (χ2n) is 8.61. The van der Waals surface area contributed by atoms with Crippen molar-refractivity contribution >= 4 is 41.1 Å².